The maximum Gasteiger partial charge on any atom is 0.191 e. The van der Waals surface area contributed by atoms with E-state index in [2.05, 4.69) is 23.1 Å². The number of nitrogens with two attached hydrogens (primary N) is 1. The lowest BCUT2D eigenvalue weighted by atomic mass is 9.58. The fraction of sp³-hybridized carbons (Fsp3) is 0.435. The van der Waals surface area contributed by atoms with Crippen LogP contribution in [0.5, 0.6) is 11.5 Å². The van der Waals surface area contributed by atoms with E-state index in [-0.39, 0.29) is 17.2 Å². The normalized spacial score (nSPS) is 22.7. The molecule has 1 aromatic rings. The second kappa shape index (κ2) is 8.49. The summed E-state index contributed by atoms with van der Waals surface area (Å²) in [5.41, 5.74) is 6.54. The average molecular weight is 403 g/mol. The fourth-order valence-electron chi connectivity index (χ4n) is 4.46. The van der Waals surface area contributed by atoms with E-state index in [9.17, 15) is 15.8 Å². The molecule has 0 spiro atoms. The highest BCUT2D eigenvalue weighted by molar-refractivity contribution is 5.60. The first-order valence-corrected chi connectivity index (χ1v) is 9.98. The molecule has 0 saturated carbocycles. The quantitative estimate of drug-likeness (QED) is 0.803. The van der Waals surface area contributed by atoms with Gasteiger partial charge in [-0.3, -0.25) is 0 Å². The Kier molecular flexibility index (Phi) is 6.01. The second-order valence-electron chi connectivity index (χ2n) is 7.47. The van der Waals surface area contributed by atoms with E-state index in [0.29, 0.717) is 37.8 Å². The van der Waals surface area contributed by atoms with Gasteiger partial charge in [-0.05, 0) is 44.2 Å². The van der Waals surface area contributed by atoms with Gasteiger partial charge in [0.15, 0.2) is 16.9 Å². The number of likely N-dealkylation sites (N-methyl/N-ethyl adjacent to an activating group) is 1. The summed E-state index contributed by atoms with van der Waals surface area (Å²) in [7, 11) is 1.97. The van der Waals surface area contributed by atoms with Crippen molar-refractivity contribution in [2.45, 2.75) is 19.8 Å². The van der Waals surface area contributed by atoms with Gasteiger partial charge in [0.05, 0.1) is 36.6 Å². The molecule has 2 N–H and O–H groups in total. The van der Waals surface area contributed by atoms with Gasteiger partial charge in [0, 0.05) is 24.9 Å². The summed E-state index contributed by atoms with van der Waals surface area (Å²) in [4.78, 5) is 2.11. The highest BCUT2D eigenvalue weighted by Gasteiger charge is 2.54. The Bertz CT molecular complexity index is 1010. The molecule has 1 aliphatic heterocycles. The summed E-state index contributed by atoms with van der Waals surface area (Å²) >= 11 is 0. The first kappa shape index (κ1) is 21.2. The smallest absolute Gasteiger partial charge is 0.191 e. The van der Waals surface area contributed by atoms with Crippen molar-refractivity contribution < 1.29 is 9.47 Å². The molecule has 0 fully saturated rings. The number of nitriles is 3. The number of fused-ring (bicyclic) bond motifs is 1. The lowest BCUT2D eigenvalue weighted by Gasteiger charge is -2.45. The summed E-state index contributed by atoms with van der Waals surface area (Å²) in [6.45, 7) is 6.01. The van der Waals surface area contributed by atoms with Gasteiger partial charge in [-0.2, -0.15) is 15.8 Å². The Balaban J connectivity index is 2.27. The largest absolute Gasteiger partial charge is 0.490 e. The van der Waals surface area contributed by atoms with Gasteiger partial charge in [-0.15, -0.1) is 0 Å². The van der Waals surface area contributed by atoms with Crippen LogP contribution in [0.2, 0.25) is 0 Å². The predicted octanol–water partition coefficient (Wildman–Crippen LogP) is 2.84. The maximum absolute atomic E-state index is 10.1. The lowest BCUT2D eigenvalue weighted by Crippen LogP contribution is -2.47. The van der Waals surface area contributed by atoms with Gasteiger partial charge in [0.25, 0.3) is 0 Å². The monoisotopic (exact) mass is 403 g/mol. The minimum Gasteiger partial charge on any atom is -0.490 e. The Labute approximate surface area is 177 Å². The van der Waals surface area contributed by atoms with Crippen molar-refractivity contribution in [3.05, 3.63) is 46.7 Å². The van der Waals surface area contributed by atoms with Crippen LogP contribution in [0.15, 0.2) is 41.1 Å². The molecule has 2 atom stereocenters. The zero-order valence-electron chi connectivity index (χ0n) is 17.5. The molecule has 7 heteroatoms. The third kappa shape index (κ3) is 3.26. The van der Waals surface area contributed by atoms with Crippen molar-refractivity contribution in [3.63, 3.8) is 0 Å². The molecule has 0 amide bonds. The van der Waals surface area contributed by atoms with Crippen LogP contribution in [0.25, 0.3) is 0 Å². The number of rotatable bonds is 5. The van der Waals surface area contributed by atoms with Crippen LogP contribution < -0.4 is 15.2 Å². The standard InChI is InChI=1S/C23H25N5O2/c1-4-29-19-7-6-15(10-20(19)30-5-2)21-18-12-28(3)9-8-16(18)17(11-24)22(27)23(21,13-25)14-26/h6-8,10,18,21H,4-5,9,12,27H2,1-3H3/t18-,21-/m1/s1. The fourth-order valence-corrected chi connectivity index (χ4v) is 4.46. The van der Waals surface area contributed by atoms with Gasteiger partial charge in [0.1, 0.15) is 6.07 Å². The van der Waals surface area contributed by atoms with Crippen molar-refractivity contribution in [2.75, 3.05) is 33.4 Å². The van der Waals surface area contributed by atoms with Crippen LogP contribution in [-0.4, -0.2) is 38.3 Å². The predicted molar refractivity (Wildman–Crippen MR) is 111 cm³/mol. The van der Waals surface area contributed by atoms with Crippen LogP contribution in [0, 0.1) is 45.3 Å². The molecule has 1 heterocycles. The molecule has 0 unspecified atom stereocenters. The SMILES string of the molecule is CCOc1ccc([C@@H]2[C@@H]3CN(C)CC=C3C(C#N)=C(N)C2(C#N)C#N)cc1OCC. The van der Waals surface area contributed by atoms with Crippen LogP contribution in [-0.2, 0) is 0 Å². The number of nitrogens with zero attached hydrogens (tertiary/aromatic N) is 4. The summed E-state index contributed by atoms with van der Waals surface area (Å²) in [6, 6.07) is 12.0. The van der Waals surface area contributed by atoms with Crippen molar-refractivity contribution in [1.82, 2.24) is 4.90 Å². The van der Waals surface area contributed by atoms with Crippen molar-refractivity contribution in [2.24, 2.45) is 17.1 Å². The zero-order valence-corrected chi connectivity index (χ0v) is 17.5. The molecule has 0 radical (unpaired) electrons. The van der Waals surface area contributed by atoms with E-state index >= 15 is 0 Å². The molecular formula is C23H25N5O2. The molecule has 30 heavy (non-hydrogen) atoms. The molecule has 2 aliphatic rings. The van der Waals surface area contributed by atoms with E-state index in [1.165, 1.54) is 0 Å². The Morgan fingerprint density at radius 2 is 1.80 bits per heavy atom. The Morgan fingerprint density at radius 3 is 2.40 bits per heavy atom. The number of hydrogen-bond acceptors (Lipinski definition) is 7. The number of hydrogen-bond donors (Lipinski definition) is 1. The number of ether oxygens (including phenoxy) is 2. The molecule has 1 aliphatic carbocycles. The topological polar surface area (TPSA) is 119 Å². The van der Waals surface area contributed by atoms with E-state index in [0.717, 1.165) is 11.1 Å². The third-order valence-electron chi connectivity index (χ3n) is 5.77. The van der Waals surface area contributed by atoms with Gasteiger partial charge in [-0.25, -0.2) is 0 Å². The third-order valence-corrected chi connectivity index (χ3v) is 5.77. The Hall–Kier alpha value is -3.47. The molecule has 0 bridgehead atoms. The van der Waals surface area contributed by atoms with Gasteiger partial charge >= 0.3 is 0 Å². The highest BCUT2D eigenvalue weighted by Crippen LogP contribution is 2.54. The maximum atomic E-state index is 10.1. The van der Waals surface area contributed by atoms with Crippen molar-refractivity contribution in [1.29, 1.82) is 15.8 Å². The molecule has 1 aromatic carbocycles. The average Bonchev–Trinajstić information content (AvgIpc) is 2.75. The van der Waals surface area contributed by atoms with Crippen LogP contribution in [0.3, 0.4) is 0 Å². The number of benzene rings is 1. The van der Waals surface area contributed by atoms with E-state index in [1.54, 1.807) is 6.07 Å². The first-order valence-electron chi connectivity index (χ1n) is 9.98. The Morgan fingerprint density at radius 1 is 1.13 bits per heavy atom. The lowest BCUT2D eigenvalue weighted by molar-refractivity contribution is 0.236. The zero-order chi connectivity index (χ0) is 21.9. The van der Waals surface area contributed by atoms with Gasteiger partial charge in [-0.1, -0.05) is 12.1 Å². The van der Waals surface area contributed by atoms with E-state index in [1.807, 2.05) is 39.1 Å². The van der Waals surface area contributed by atoms with Crippen molar-refractivity contribution >= 4 is 0 Å². The summed E-state index contributed by atoms with van der Waals surface area (Å²) in [5.74, 6) is 0.395. The minimum atomic E-state index is -1.65. The van der Waals surface area contributed by atoms with Gasteiger partial charge in [0.2, 0.25) is 0 Å². The summed E-state index contributed by atoms with van der Waals surface area (Å²) in [6.07, 6.45) is 1.98. The van der Waals surface area contributed by atoms with Crippen LogP contribution >= 0.6 is 0 Å². The summed E-state index contributed by atoms with van der Waals surface area (Å²) in [5, 5.41) is 30.0. The van der Waals surface area contributed by atoms with Gasteiger partial charge < -0.3 is 20.1 Å². The molecule has 3 rings (SSSR count). The molecular weight excluding hydrogens is 378 g/mol. The second-order valence-corrected chi connectivity index (χ2v) is 7.47. The molecule has 0 saturated heterocycles. The minimum absolute atomic E-state index is 0.0268. The number of allylic oxidation sites excluding steroid dienone is 2. The van der Waals surface area contributed by atoms with E-state index in [4.69, 9.17) is 15.2 Å². The summed E-state index contributed by atoms with van der Waals surface area (Å²) < 4.78 is 11.4. The van der Waals surface area contributed by atoms with Crippen LogP contribution in [0.1, 0.15) is 25.3 Å². The molecule has 154 valence electrons. The van der Waals surface area contributed by atoms with Crippen molar-refractivity contribution in [3.8, 4) is 29.7 Å². The molecule has 0 aromatic heterocycles. The molecule has 7 nitrogen and oxygen atoms in total. The highest BCUT2D eigenvalue weighted by atomic mass is 16.5. The van der Waals surface area contributed by atoms with Crippen LogP contribution in [0.4, 0.5) is 0 Å². The van der Waals surface area contributed by atoms with E-state index < -0.39 is 11.3 Å². The first-order chi connectivity index (χ1) is 14.5.